The van der Waals surface area contributed by atoms with Gasteiger partial charge in [0, 0.05) is 16.9 Å². The number of rotatable bonds is 7. The van der Waals surface area contributed by atoms with E-state index in [1.807, 2.05) is 36.0 Å². The quantitative estimate of drug-likeness (QED) is 0.597. The molecule has 0 aliphatic carbocycles. The Kier molecular flexibility index (Phi) is 6.30. The largest absolute Gasteiger partial charge is 0.330 e. The predicted octanol–water partition coefficient (Wildman–Crippen LogP) is 3.36. The summed E-state index contributed by atoms with van der Waals surface area (Å²) in [6, 6.07) is 7.84. The third kappa shape index (κ3) is 5.37. The highest BCUT2D eigenvalue weighted by Crippen LogP contribution is 2.21. The summed E-state index contributed by atoms with van der Waals surface area (Å²) in [4.78, 5) is 12.8. The van der Waals surface area contributed by atoms with Crippen LogP contribution in [0.1, 0.15) is 37.0 Å². The van der Waals surface area contributed by atoms with Crippen molar-refractivity contribution in [1.82, 2.24) is 0 Å². The van der Waals surface area contributed by atoms with Crippen molar-refractivity contribution >= 4 is 17.5 Å². The second-order valence-electron chi connectivity index (χ2n) is 4.52. The molecule has 0 radical (unpaired) electrons. The summed E-state index contributed by atoms with van der Waals surface area (Å²) < 4.78 is 0. The first kappa shape index (κ1) is 14.3. The Morgan fingerprint density at radius 3 is 2.47 bits per heavy atom. The van der Waals surface area contributed by atoms with Gasteiger partial charge >= 0.3 is 0 Å². The van der Waals surface area contributed by atoms with E-state index in [9.17, 15) is 4.79 Å². The van der Waals surface area contributed by atoms with E-state index in [0.717, 1.165) is 17.2 Å². The Hall–Kier alpha value is -0.800. The summed E-state index contributed by atoms with van der Waals surface area (Å²) in [6.45, 7) is 4.88. The van der Waals surface area contributed by atoms with Crippen LogP contribution in [0.2, 0.25) is 0 Å². The fourth-order valence-electron chi connectivity index (χ4n) is 1.42. The van der Waals surface area contributed by atoms with Gasteiger partial charge in [-0.15, -0.1) is 11.8 Å². The van der Waals surface area contributed by atoms with Crippen molar-refractivity contribution in [3.8, 4) is 0 Å². The Morgan fingerprint density at radius 1 is 1.29 bits per heavy atom. The minimum Gasteiger partial charge on any atom is -0.330 e. The summed E-state index contributed by atoms with van der Waals surface area (Å²) in [7, 11) is 0. The van der Waals surface area contributed by atoms with Gasteiger partial charge in [-0.2, -0.15) is 0 Å². The zero-order chi connectivity index (χ0) is 12.7. The lowest BCUT2D eigenvalue weighted by atomic mass is 10.1. The lowest BCUT2D eigenvalue weighted by molar-refractivity contribution is 0.0985. The molecule has 0 saturated heterocycles. The molecule has 0 aliphatic rings. The van der Waals surface area contributed by atoms with Crippen molar-refractivity contribution in [2.75, 3.05) is 12.3 Å². The molecule has 2 nitrogen and oxygen atoms in total. The Labute approximate surface area is 108 Å². The standard InChI is InChI=1S/C14H21NOS/c1-11(2)8-10-17-13-5-3-12(4-6-13)14(16)7-9-15/h3-6,11H,7-10,15H2,1-2H3. The molecule has 0 saturated carbocycles. The summed E-state index contributed by atoms with van der Waals surface area (Å²) in [5, 5.41) is 0. The van der Waals surface area contributed by atoms with Gasteiger partial charge in [0.05, 0.1) is 0 Å². The van der Waals surface area contributed by atoms with Crippen molar-refractivity contribution in [2.24, 2.45) is 11.7 Å². The van der Waals surface area contributed by atoms with Gasteiger partial charge in [-0.3, -0.25) is 4.79 Å². The average molecular weight is 251 g/mol. The van der Waals surface area contributed by atoms with Crippen LogP contribution >= 0.6 is 11.8 Å². The molecule has 0 atom stereocenters. The van der Waals surface area contributed by atoms with Crippen LogP contribution < -0.4 is 5.73 Å². The van der Waals surface area contributed by atoms with E-state index >= 15 is 0 Å². The molecule has 3 heteroatoms. The van der Waals surface area contributed by atoms with Gasteiger partial charge in [-0.25, -0.2) is 0 Å². The van der Waals surface area contributed by atoms with Crippen LogP contribution in [0.25, 0.3) is 0 Å². The fraction of sp³-hybridized carbons (Fsp3) is 0.500. The highest BCUT2D eigenvalue weighted by molar-refractivity contribution is 7.99. The molecule has 1 aromatic carbocycles. The average Bonchev–Trinajstić information content (AvgIpc) is 2.30. The SMILES string of the molecule is CC(C)CCSc1ccc(C(=O)CCN)cc1. The predicted molar refractivity (Wildman–Crippen MR) is 74.6 cm³/mol. The molecule has 1 rings (SSSR count). The van der Waals surface area contributed by atoms with E-state index in [2.05, 4.69) is 13.8 Å². The molecule has 94 valence electrons. The molecule has 0 aromatic heterocycles. The van der Waals surface area contributed by atoms with Gasteiger partial charge in [0.1, 0.15) is 0 Å². The van der Waals surface area contributed by atoms with E-state index < -0.39 is 0 Å². The van der Waals surface area contributed by atoms with Crippen molar-refractivity contribution in [2.45, 2.75) is 31.6 Å². The summed E-state index contributed by atoms with van der Waals surface area (Å²) in [5.74, 6) is 2.01. The number of thioether (sulfide) groups is 1. The van der Waals surface area contributed by atoms with Crippen molar-refractivity contribution in [1.29, 1.82) is 0 Å². The Balaban J connectivity index is 2.47. The normalized spacial score (nSPS) is 10.8. The molecule has 17 heavy (non-hydrogen) atoms. The number of hydrogen-bond acceptors (Lipinski definition) is 3. The zero-order valence-corrected chi connectivity index (χ0v) is 11.4. The minimum atomic E-state index is 0.131. The summed E-state index contributed by atoms with van der Waals surface area (Å²) >= 11 is 1.85. The topological polar surface area (TPSA) is 43.1 Å². The number of carbonyl (C=O) groups excluding carboxylic acids is 1. The Bertz CT molecular complexity index is 346. The lowest BCUT2D eigenvalue weighted by Crippen LogP contribution is -2.07. The van der Waals surface area contributed by atoms with Gasteiger partial charge in [-0.1, -0.05) is 26.0 Å². The molecule has 1 aromatic rings. The second-order valence-corrected chi connectivity index (χ2v) is 5.69. The minimum absolute atomic E-state index is 0.131. The monoisotopic (exact) mass is 251 g/mol. The maximum Gasteiger partial charge on any atom is 0.164 e. The fourth-order valence-corrected chi connectivity index (χ4v) is 2.58. The molecule has 0 fully saturated rings. The van der Waals surface area contributed by atoms with Crippen LogP contribution in [-0.4, -0.2) is 18.1 Å². The second kappa shape index (κ2) is 7.51. The maximum atomic E-state index is 11.6. The van der Waals surface area contributed by atoms with Crippen LogP contribution in [0.4, 0.5) is 0 Å². The lowest BCUT2D eigenvalue weighted by Gasteiger charge is -2.05. The van der Waals surface area contributed by atoms with Gasteiger partial charge in [0.15, 0.2) is 5.78 Å². The first-order valence-corrected chi connectivity index (χ1v) is 7.08. The summed E-state index contributed by atoms with van der Waals surface area (Å²) in [5.41, 5.74) is 6.13. The van der Waals surface area contributed by atoms with Crippen LogP contribution in [0.5, 0.6) is 0 Å². The molecule has 0 heterocycles. The number of hydrogen-bond donors (Lipinski definition) is 1. The number of Topliss-reactive ketones (excluding diaryl/α,β-unsaturated/α-hetero) is 1. The molecule has 0 unspecified atom stereocenters. The molecule has 2 N–H and O–H groups in total. The molecule has 0 amide bonds. The van der Waals surface area contributed by atoms with Crippen molar-refractivity contribution < 1.29 is 4.79 Å². The van der Waals surface area contributed by atoms with Crippen molar-refractivity contribution in [3.05, 3.63) is 29.8 Å². The number of ketones is 1. The van der Waals surface area contributed by atoms with Crippen LogP contribution in [-0.2, 0) is 0 Å². The molecular weight excluding hydrogens is 230 g/mol. The molecule has 0 spiro atoms. The van der Waals surface area contributed by atoms with E-state index in [-0.39, 0.29) is 5.78 Å². The molecule has 0 bridgehead atoms. The molecular formula is C14H21NOS. The maximum absolute atomic E-state index is 11.6. The third-order valence-corrected chi connectivity index (χ3v) is 3.56. The smallest absolute Gasteiger partial charge is 0.164 e. The van der Waals surface area contributed by atoms with E-state index in [4.69, 9.17) is 5.73 Å². The summed E-state index contributed by atoms with van der Waals surface area (Å²) in [6.07, 6.45) is 1.65. The van der Waals surface area contributed by atoms with Gasteiger partial charge in [0.25, 0.3) is 0 Å². The zero-order valence-electron chi connectivity index (χ0n) is 10.6. The highest BCUT2D eigenvalue weighted by Gasteiger charge is 2.04. The van der Waals surface area contributed by atoms with Gasteiger partial charge in [-0.05, 0) is 36.8 Å². The first-order chi connectivity index (χ1) is 8.13. The van der Waals surface area contributed by atoms with Crippen LogP contribution in [0.15, 0.2) is 29.2 Å². The number of carbonyl (C=O) groups is 1. The number of nitrogens with two attached hydrogens (primary N) is 1. The van der Waals surface area contributed by atoms with Crippen LogP contribution in [0.3, 0.4) is 0 Å². The van der Waals surface area contributed by atoms with Gasteiger partial charge < -0.3 is 5.73 Å². The number of benzene rings is 1. The van der Waals surface area contributed by atoms with E-state index in [1.54, 1.807) is 0 Å². The van der Waals surface area contributed by atoms with Crippen LogP contribution in [0, 0.1) is 5.92 Å². The highest BCUT2D eigenvalue weighted by atomic mass is 32.2. The van der Waals surface area contributed by atoms with Gasteiger partial charge in [0.2, 0.25) is 0 Å². The Morgan fingerprint density at radius 2 is 1.94 bits per heavy atom. The first-order valence-electron chi connectivity index (χ1n) is 6.09. The van der Waals surface area contributed by atoms with E-state index in [0.29, 0.717) is 13.0 Å². The van der Waals surface area contributed by atoms with Crippen molar-refractivity contribution in [3.63, 3.8) is 0 Å². The third-order valence-electron chi connectivity index (χ3n) is 2.51. The molecule has 0 aliphatic heterocycles. The van der Waals surface area contributed by atoms with E-state index in [1.165, 1.54) is 11.3 Å².